The summed E-state index contributed by atoms with van der Waals surface area (Å²) >= 11 is 2.71. The number of aromatic amines is 1. The van der Waals surface area contributed by atoms with Crippen LogP contribution < -0.4 is 15.6 Å². The molecular weight excluding hydrogens is 731 g/mol. The highest BCUT2D eigenvalue weighted by Gasteiger charge is 2.45. The number of aromatic hydroxyl groups is 1. The van der Waals surface area contributed by atoms with Crippen molar-refractivity contribution >= 4 is 46.0 Å². The molecule has 0 bridgehead atoms. The van der Waals surface area contributed by atoms with Gasteiger partial charge in [-0.2, -0.15) is 0 Å². The summed E-state index contributed by atoms with van der Waals surface area (Å²) in [4.78, 5) is 39.5. The van der Waals surface area contributed by atoms with Gasteiger partial charge in [0.05, 0.1) is 28.0 Å². The van der Waals surface area contributed by atoms with Crippen LogP contribution in [0.2, 0.25) is 0 Å². The Kier molecular flexibility index (Phi) is 14.8. The topological polar surface area (TPSA) is 182 Å². The van der Waals surface area contributed by atoms with E-state index in [9.17, 15) is 24.9 Å². The molecule has 5 aromatic rings. The molecule has 3 aromatic heterocycles. The number of fused-ring (bicyclic) bond motifs is 1. The van der Waals surface area contributed by atoms with Crippen LogP contribution in [0.15, 0.2) is 88.4 Å². The number of hydrogen-bond acceptors (Lipinski definition) is 12. The third kappa shape index (κ3) is 10.3. The van der Waals surface area contributed by atoms with Gasteiger partial charge in [-0.1, -0.05) is 30.3 Å². The van der Waals surface area contributed by atoms with Gasteiger partial charge >= 0.3 is 5.97 Å². The minimum Gasteiger partial charge on any atom is -0.506 e. The van der Waals surface area contributed by atoms with E-state index in [1.807, 2.05) is 35.0 Å². The van der Waals surface area contributed by atoms with Gasteiger partial charge in [0, 0.05) is 30.6 Å². The van der Waals surface area contributed by atoms with Crippen LogP contribution in [0.4, 0.5) is 0 Å². The molecule has 1 aliphatic rings. The highest BCUT2D eigenvalue weighted by atomic mass is 32.1. The third-order valence-electron chi connectivity index (χ3n) is 9.63. The molecule has 1 saturated carbocycles. The number of nitrogens with one attached hydrogen (secondary N) is 2. The fraction of sp³-hybridized carbons (Fsp3) is 0.375. The molecule has 0 amide bonds. The first-order chi connectivity index (χ1) is 26.1. The van der Waals surface area contributed by atoms with Crippen LogP contribution in [-0.2, 0) is 26.3 Å². The number of carbonyl (C=O) groups excluding carboxylic acids is 1. The summed E-state index contributed by atoms with van der Waals surface area (Å²) in [5, 5.41) is 46.9. The number of aromatic nitrogens is 1. The Bertz CT molecular complexity index is 1920. The van der Waals surface area contributed by atoms with Crippen molar-refractivity contribution in [3.05, 3.63) is 115 Å². The Balaban J connectivity index is 0.00000181. The molecular formula is C40H47N3O9S2. The van der Waals surface area contributed by atoms with Crippen molar-refractivity contribution in [1.29, 1.82) is 0 Å². The molecule has 1 fully saturated rings. The minimum absolute atomic E-state index is 0.0290. The number of ether oxygens (including phenoxy) is 2. The van der Waals surface area contributed by atoms with Gasteiger partial charge in [0.2, 0.25) is 11.2 Å². The molecule has 1 aliphatic carbocycles. The van der Waals surface area contributed by atoms with Gasteiger partial charge in [0.15, 0.2) is 0 Å². The number of hydrogen-bond donors (Lipinski definition) is 6. The molecule has 0 saturated heterocycles. The van der Waals surface area contributed by atoms with Crippen molar-refractivity contribution in [2.45, 2.75) is 62.4 Å². The number of carbonyl (C=O) groups is 2. The number of phenols is 1. The molecule has 0 spiro atoms. The van der Waals surface area contributed by atoms with Crippen molar-refractivity contribution in [1.82, 2.24) is 15.2 Å². The number of H-pyrrole nitrogens is 1. The van der Waals surface area contributed by atoms with Gasteiger partial charge in [-0.05, 0) is 110 Å². The van der Waals surface area contributed by atoms with Gasteiger partial charge in [-0.3, -0.25) is 9.59 Å². The van der Waals surface area contributed by atoms with Crippen LogP contribution >= 0.6 is 22.7 Å². The van der Waals surface area contributed by atoms with Crippen LogP contribution in [-0.4, -0.2) is 88.2 Å². The van der Waals surface area contributed by atoms with Crippen molar-refractivity contribution in [2.75, 3.05) is 33.3 Å². The van der Waals surface area contributed by atoms with E-state index in [2.05, 4.69) is 34.4 Å². The standard InChI is InChI=1S/C39H45N3O7S2.CH2O2/c1-42(27-9-13-29(14-10-27)49-38(46)39(47,34-5-2-23-50-34)35-6-3-24-51-35)21-4-22-48-28-11-7-26(8-12-28)19-20-40-25-33(44)30-15-17-32(43)37-31(30)16-18-36(45)41-37;2-1-3/h2-3,5-8,11-12,15-18,23-24,27,29,33,40,43-44,47H,4,9-10,13-14,19-22,25H2,1H3,(H,41,45);1H,(H,2,3)/t27?,29?,33-;/m0./s1. The van der Waals surface area contributed by atoms with E-state index in [4.69, 9.17) is 19.4 Å². The Morgan fingerprint density at radius 2 is 1.69 bits per heavy atom. The van der Waals surface area contributed by atoms with Crippen LogP contribution in [0.1, 0.15) is 59.1 Å². The lowest BCUT2D eigenvalue weighted by Gasteiger charge is -2.35. The summed E-state index contributed by atoms with van der Waals surface area (Å²) < 4.78 is 11.9. The number of nitrogens with zero attached hydrogens (tertiary/aromatic N) is 1. The van der Waals surface area contributed by atoms with Gasteiger partial charge in [-0.25, -0.2) is 4.79 Å². The van der Waals surface area contributed by atoms with Crippen molar-refractivity contribution in [2.24, 2.45) is 0 Å². The van der Waals surface area contributed by atoms with Crippen LogP contribution in [0.5, 0.6) is 11.5 Å². The zero-order chi connectivity index (χ0) is 38.5. The van der Waals surface area contributed by atoms with Gasteiger partial charge in [0.25, 0.3) is 6.47 Å². The Morgan fingerprint density at radius 3 is 2.31 bits per heavy atom. The Morgan fingerprint density at radius 1 is 1.02 bits per heavy atom. The molecule has 0 aliphatic heterocycles. The number of aliphatic hydroxyl groups is 2. The summed E-state index contributed by atoms with van der Waals surface area (Å²) in [6.45, 7) is 2.27. The van der Waals surface area contributed by atoms with Gasteiger partial charge < -0.3 is 45.1 Å². The fourth-order valence-corrected chi connectivity index (χ4v) is 8.42. The zero-order valence-electron chi connectivity index (χ0n) is 30.1. The SMILES string of the molecule is CN(CCCOc1ccc(CCNC[C@H](O)c2ccc(O)c3[nH]c(=O)ccc23)cc1)C1CCC(OC(=O)C(O)(c2cccs2)c2cccs2)CC1.O=CO. The monoisotopic (exact) mass is 777 g/mol. The lowest BCUT2D eigenvalue weighted by molar-refractivity contribution is -0.169. The maximum Gasteiger partial charge on any atom is 0.349 e. The minimum atomic E-state index is -1.77. The Hall–Kier alpha value is -4.57. The highest BCUT2D eigenvalue weighted by Crippen LogP contribution is 2.38. The normalized spacial score (nSPS) is 16.4. The first-order valence-corrected chi connectivity index (χ1v) is 19.6. The maximum absolute atomic E-state index is 13.3. The largest absolute Gasteiger partial charge is 0.506 e. The number of esters is 1. The molecule has 6 rings (SSSR count). The van der Waals surface area contributed by atoms with Gasteiger partial charge in [0.1, 0.15) is 17.6 Å². The first kappa shape index (κ1) is 40.6. The molecule has 1 atom stereocenters. The predicted octanol–water partition coefficient (Wildman–Crippen LogP) is 5.41. The van der Waals surface area contributed by atoms with Crippen molar-refractivity contribution in [3.63, 3.8) is 0 Å². The first-order valence-electron chi connectivity index (χ1n) is 17.9. The predicted molar refractivity (Wildman–Crippen MR) is 209 cm³/mol. The number of phenolic OH excluding ortho intramolecular Hbond substituents is 1. The van der Waals surface area contributed by atoms with Crippen molar-refractivity contribution < 1.29 is 39.5 Å². The number of aliphatic hydroxyl groups excluding tert-OH is 1. The molecule has 3 heterocycles. The summed E-state index contributed by atoms with van der Waals surface area (Å²) in [5.74, 6) is 0.205. The highest BCUT2D eigenvalue weighted by molar-refractivity contribution is 7.12. The summed E-state index contributed by atoms with van der Waals surface area (Å²) in [5.41, 5.74) is 0.0376. The van der Waals surface area contributed by atoms with Crippen LogP contribution in [0.3, 0.4) is 0 Å². The van der Waals surface area contributed by atoms with E-state index >= 15 is 0 Å². The smallest absolute Gasteiger partial charge is 0.349 e. The van der Waals surface area contributed by atoms with Gasteiger partial charge in [-0.15, -0.1) is 22.7 Å². The quantitative estimate of drug-likeness (QED) is 0.0428. The summed E-state index contributed by atoms with van der Waals surface area (Å²) in [6.07, 6.45) is 4.06. The van der Waals surface area contributed by atoms with E-state index in [0.717, 1.165) is 56.4 Å². The third-order valence-corrected chi connectivity index (χ3v) is 11.6. The lowest BCUT2D eigenvalue weighted by atomic mass is 9.91. The zero-order valence-corrected chi connectivity index (χ0v) is 31.7. The summed E-state index contributed by atoms with van der Waals surface area (Å²) in [6, 6.07) is 21.9. The second kappa shape index (κ2) is 19.7. The average molecular weight is 778 g/mol. The second-order valence-corrected chi connectivity index (χ2v) is 15.1. The maximum atomic E-state index is 13.3. The second-order valence-electron chi connectivity index (χ2n) is 13.2. The van der Waals surface area contributed by atoms with E-state index < -0.39 is 17.7 Å². The molecule has 6 N–H and O–H groups in total. The molecule has 14 heteroatoms. The number of rotatable bonds is 16. The number of pyridine rings is 1. The average Bonchev–Trinajstić information content (AvgIpc) is 3.93. The molecule has 0 radical (unpaired) electrons. The number of benzene rings is 2. The van der Waals surface area contributed by atoms with E-state index in [-0.39, 0.29) is 23.9 Å². The number of carboxylic acid groups (broad SMARTS) is 1. The molecule has 2 aromatic carbocycles. The van der Waals surface area contributed by atoms with Crippen LogP contribution in [0.25, 0.3) is 10.9 Å². The summed E-state index contributed by atoms with van der Waals surface area (Å²) in [7, 11) is 2.14. The lowest BCUT2D eigenvalue weighted by Crippen LogP contribution is -2.42. The van der Waals surface area contributed by atoms with Crippen LogP contribution in [0, 0.1) is 0 Å². The fourth-order valence-electron chi connectivity index (χ4n) is 6.70. The van der Waals surface area contributed by atoms with Crippen molar-refractivity contribution in [3.8, 4) is 11.5 Å². The number of thiophene rings is 2. The van der Waals surface area contributed by atoms with E-state index in [1.165, 1.54) is 34.8 Å². The van der Waals surface area contributed by atoms with E-state index in [1.54, 1.807) is 24.3 Å². The Labute approximate surface area is 321 Å². The molecule has 54 heavy (non-hydrogen) atoms. The molecule has 0 unspecified atom stereocenters. The van der Waals surface area contributed by atoms with E-state index in [0.29, 0.717) is 52.0 Å². The molecule has 12 nitrogen and oxygen atoms in total. The molecule has 288 valence electrons.